The minimum atomic E-state index is -0.375. The van der Waals surface area contributed by atoms with Gasteiger partial charge < -0.3 is 19.4 Å². The number of carbonyl (C=O) groups excluding carboxylic acids is 2. The Bertz CT molecular complexity index is 1260. The SMILES string of the molecule is Cc1cccc(COC(=O)c2c3ccccc3n3cc(NC(=O)N(C)C)ccc23)c1. The summed E-state index contributed by atoms with van der Waals surface area (Å²) in [4.78, 5) is 26.5. The number of nitrogens with zero attached hydrogens (tertiary/aromatic N) is 2. The topological polar surface area (TPSA) is 63.1 Å². The van der Waals surface area contributed by atoms with Crippen molar-refractivity contribution in [1.29, 1.82) is 0 Å². The van der Waals surface area contributed by atoms with Gasteiger partial charge in [0.1, 0.15) is 6.61 Å². The molecule has 0 fully saturated rings. The zero-order chi connectivity index (χ0) is 21.3. The first-order valence-corrected chi connectivity index (χ1v) is 9.68. The van der Waals surface area contributed by atoms with Gasteiger partial charge in [-0.15, -0.1) is 0 Å². The Hall–Kier alpha value is -3.80. The molecule has 0 spiro atoms. The summed E-state index contributed by atoms with van der Waals surface area (Å²) in [6.45, 7) is 2.22. The number of hydrogen-bond donors (Lipinski definition) is 1. The fourth-order valence-corrected chi connectivity index (χ4v) is 3.48. The first-order valence-electron chi connectivity index (χ1n) is 9.68. The van der Waals surface area contributed by atoms with E-state index in [4.69, 9.17) is 4.74 Å². The van der Waals surface area contributed by atoms with Gasteiger partial charge in [0.15, 0.2) is 0 Å². The second-order valence-corrected chi connectivity index (χ2v) is 7.45. The molecule has 2 aromatic heterocycles. The van der Waals surface area contributed by atoms with Gasteiger partial charge in [0, 0.05) is 25.7 Å². The van der Waals surface area contributed by atoms with E-state index in [1.54, 1.807) is 20.2 Å². The number of nitrogens with one attached hydrogen (secondary N) is 1. The lowest BCUT2D eigenvalue weighted by molar-refractivity contribution is 0.0477. The molecule has 1 N–H and O–H groups in total. The van der Waals surface area contributed by atoms with Crippen LogP contribution in [0.15, 0.2) is 66.9 Å². The molecule has 0 aliphatic heterocycles. The number of benzene rings is 2. The van der Waals surface area contributed by atoms with E-state index in [0.717, 1.165) is 27.5 Å². The molecule has 0 unspecified atom stereocenters. The maximum Gasteiger partial charge on any atom is 0.341 e. The molecule has 152 valence electrons. The van der Waals surface area contributed by atoms with Crippen LogP contribution in [0.25, 0.3) is 16.4 Å². The average Bonchev–Trinajstić information content (AvgIpc) is 3.06. The number of amides is 2. The summed E-state index contributed by atoms with van der Waals surface area (Å²) in [7, 11) is 3.36. The molecule has 2 amide bonds. The molecular weight excluding hydrogens is 378 g/mol. The lowest BCUT2D eigenvalue weighted by atomic mass is 10.1. The molecule has 6 nitrogen and oxygen atoms in total. The van der Waals surface area contributed by atoms with Gasteiger partial charge in [0.25, 0.3) is 0 Å². The van der Waals surface area contributed by atoms with Gasteiger partial charge in [0.2, 0.25) is 0 Å². The number of aromatic nitrogens is 1. The fourth-order valence-electron chi connectivity index (χ4n) is 3.48. The van der Waals surface area contributed by atoms with Crippen LogP contribution in [0.3, 0.4) is 0 Å². The minimum absolute atomic E-state index is 0.211. The molecule has 4 rings (SSSR count). The smallest absolute Gasteiger partial charge is 0.341 e. The number of rotatable bonds is 4. The van der Waals surface area contributed by atoms with Crippen LogP contribution >= 0.6 is 0 Å². The third-order valence-corrected chi connectivity index (χ3v) is 4.95. The van der Waals surface area contributed by atoms with Crippen LogP contribution in [0.2, 0.25) is 0 Å². The summed E-state index contributed by atoms with van der Waals surface area (Å²) >= 11 is 0. The van der Waals surface area contributed by atoms with Crippen molar-refractivity contribution < 1.29 is 14.3 Å². The maximum absolute atomic E-state index is 13.0. The van der Waals surface area contributed by atoms with Crippen molar-refractivity contribution in [3.63, 3.8) is 0 Å². The predicted octanol–water partition coefficient (Wildman–Crippen LogP) is 4.85. The first kappa shape index (κ1) is 19.5. The molecule has 0 radical (unpaired) electrons. The Morgan fingerprint density at radius 1 is 1.00 bits per heavy atom. The highest BCUT2D eigenvalue weighted by molar-refractivity contribution is 6.12. The van der Waals surface area contributed by atoms with E-state index >= 15 is 0 Å². The summed E-state index contributed by atoms with van der Waals surface area (Å²) in [6, 6.07) is 19.0. The Kier molecular flexibility index (Phi) is 5.14. The summed E-state index contributed by atoms with van der Waals surface area (Å²) in [5.41, 5.74) is 4.83. The Balaban J connectivity index is 1.71. The first-order chi connectivity index (χ1) is 14.4. The van der Waals surface area contributed by atoms with Crippen LogP contribution in [-0.2, 0) is 11.3 Å². The predicted molar refractivity (Wildman–Crippen MR) is 118 cm³/mol. The van der Waals surface area contributed by atoms with Gasteiger partial charge in [-0.05, 0) is 30.7 Å². The van der Waals surface area contributed by atoms with Crippen LogP contribution in [0.4, 0.5) is 10.5 Å². The zero-order valence-corrected chi connectivity index (χ0v) is 17.2. The number of pyridine rings is 1. The highest BCUT2D eigenvalue weighted by Crippen LogP contribution is 2.29. The van der Waals surface area contributed by atoms with Crippen molar-refractivity contribution in [2.75, 3.05) is 19.4 Å². The number of para-hydroxylation sites is 1. The summed E-state index contributed by atoms with van der Waals surface area (Å²) < 4.78 is 7.55. The van der Waals surface area contributed by atoms with Crippen LogP contribution < -0.4 is 5.32 Å². The largest absolute Gasteiger partial charge is 0.457 e. The normalized spacial score (nSPS) is 10.9. The van der Waals surface area contributed by atoms with Crippen LogP contribution in [-0.4, -0.2) is 35.4 Å². The molecule has 6 heteroatoms. The maximum atomic E-state index is 13.0. The van der Waals surface area contributed by atoms with Crippen molar-refractivity contribution in [2.45, 2.75) is 13.5 Å². The number of hydrogen-bond acceptors (Lipinski definition) is 3. The van der Waals surface area contributed by atoms with E-state index in [1.165, 1.54) is 4.90 Å². The van der Waals surface area contributed by atoms with Gasteiger partial charge >= 0.3 is 12.0 Å². The molecule has 0 atom stereocenters. The van der Waals surface area contributed by atoms with E-state index in [0.29, 0.717) is 11.3 Å². The van der Waals surface area contributed by atoms with Crippen molar-refractivity contribution >= 4 is 34.1 Å². The molecule has 30 heavy (non-hydrogen) atoms. The van der Waals surface area contributed by atoms with E-state index in [2.05, 4.69) is 5.32 Å². The number of urea groups is 1. The monoisotopic (exact) mass is 401 g/mol. The standard InChI is InChI=1S/C24H23N3O3/c1-16-7-6-8-17(13-16)15-30-23(28)22-19-9-4-5-10-20(19)27-14-18(11-12-21(22)27)25-24(29)26(2)3/h4-14H,15H2,1-3H3,(H,25,29). The second-order valence-electron chi connectivity index (χ2n) is 7.45. The summed E-state index contributed by atoms with van der Waals surface area (Å²) in [5, 5.41) is 3.65. The zero-order valence-electron chi connectivity index (χ0n) is 17.2. The molecular formula is C24H23N3O3. The molecule has 0 aliphatic carbocycles. The molecule has 4 aromatic rings. The van der Waals surface area contributed by atoms with Gasteiger partial charge in [-0.2, -0.15) is 0 Å². The fraction of sp³-hybridized carbons (Fsp3) is 0.167. The summed E-state index contributed by atoms with van der Waals surface area (Å²) in [6.07, 6.45) is 1.82. The van der Waals surface area contributed by atoms with Gasteiger partial charge in [-0.25, -0.2) is 9.59 Å². The second kappa shape index (κ2) is 7.91. The third-order valence-electron chi connectivity index (χ3n) is 4.95. The van der Waals surface area contributed by atoms with Crippen molar-refractivity contribution in [2.24, 2.45) is 0 Å². The lowest BCUT2D eigenvalue weighted by Gasteiger charge is -2.12. The molecule has 0 bridgehead atoms. The molecule has 0 saturated carbocycles. The molecule has 2 heterocycles. The number of carbonyl (C=O) groups is 2. The molecule has 2 aromatic carbocycles. The Labute approximate surface area is 174 Å². The highest BCUT2D eigenvalue weighted by Gasteiger charge is 2.20. The molecule has 0 saturated heterocycles. The van der Waals surface area contributed by atoms with E-state index < -0.39 is 0 Å². The van der Waals surface area contributed by atoms with Crippen LogP contribution in [0.1, 0.15) is 21.5 Å². The van der Waals surface area contributed by atoms with Crippen molar-refractivity contribution in [3.05, 3.63) is 83.6 Å². The summed E-state index contributed by atoms with van der Waals surface area (Å²) in [5.74, 6) is -0.375. The number of anilines is 1. The number of esters is 1. The van der Waals surface area contributed by atoms with Gasteiger partial charge in [-0.1, -0.05) is 48.0 Å². The van der Waals surface area contributed by atoms with E-state index in [1.807, 2.05) is 72.1 Å². The van der Waals surface area contributed by atoms with Crippen molar-refractivity contribution in [3.8, 4) is 0 Å². The van der Waals surface area contributed by atoms with Crippen LogP contribution in [0.5, 0.6) is 0 Å². The Morgan fingerprint density at radius 2 is 1.80 bits per heavy atom. The highest BCUT2D eigenvalue weighted by atomic mass is 16.5. The van der Waals surface area contributed by atoms with Gasteiger partial charge in [-0.3, -0.25) is 0 Å². The van der Waals surface area contributed by atoms with Crippen molar-refractivity contribution in [1.82, 2.24) is 9.30 Å². The Morgan fingerprint density at radius 3 is 2.57 bits per heavy atom. The minimum Gasteiger partial charge on any atom is -0.457 e. The average molecular weight is 401 g/mol. The lowest BCUT2D eigenvalue weighted by Crippen LogP contribution is -2.27. The molecule has 0 aliphatic rings. The number of aryl methyl sites for hydroxylation is 1. The number of ether oxygens (including phenoxy) is 1. The van der Waals surface area contributed by atoms with E-state index in [-0.39, 0.29) is 18.6 Å². The van der Waals surface area contributed by atoms with Gasteiger partial charge in [0.05, 0.1) is 22.3 Å². The quantitative estimate of drug-likeness (QED) is 0.497. The third kappa shape index (κ3) is 3.72. The number of fused-ring (bicyclic) bond motifs is 3. The van der Waals surface area contributed by atoms with E-state index in [9.17, 15) is 9.59 Å². The van der Waals surface area contributed by atoms with Crippen LogP contribution in [0, 0.1) is 6.92 Å².